The largest absolute Gasteiger partial charge is 0.427 e. The number of esters is 2. The molecule has 0 radical (unpaired) electrons. The van der Waals surface area contributed by atoms with Gasteiger partial charge in [0.15, 0.2) is 0 Å². The van der Waals surface area contributed by atoms with Gasteiger partial charge in [-0.05, 0) is 40.8 Å². The van der Waals surface area contributed by atoms with Gasteiger partial charge in [-0.1, -0.05) is 0 Å². The molecule has 0 aromatic heterocycles. The zero-order valence-corrected chi connectivity index (χ0v) is 10.4. The number of benzene rings is 1. The van der Waals surface area contributed by atoms with Crippen LogP contribution in [0.2, 0.25) is 0 Å². The highest BCUT2D eigenvalue weighted by atomic mass is 127. The van der Waals surface area contributed by atoms with Gasteiger partial charge in [-0.15, -0.1) is 0 Å². The van der Waals surface area contributed by atoms with E-state index in [9.17, 15) is 9.59 Å². The second-order valence-electron chi connectivity index (χ2n) is 2.78. The molecule has 0 heterocycles. The minimum Gasteiger partial charge on any atom is -0.427 e. The molecule has 1 rings (SSSR count). The van der Waals surface area contributed by atoms with Crippen molar-refractivity contribution in [3.63, 3.8) is 0 Å². The lowest BCUT2D eigenvalue weighted by Gasteiger charge is -2.06. The third kappa shape index (κ3) is 3.86. The Balaban J connectivity index is 2.87. The molecule has 0 saturated heterocycles. The number of hydrogen-bond acceptors (Lipinski definition) is 4. The van der Waals surface area contributed by atoms with E-state index in [2.05, 4.69) is 0 Å². The van der Waals surface area contributed by atoms with E-state index in [1.165, 1.54) is 13.8 Å². The van der Waals surface area contributed by atoms with Gasteiger partial charge in [0.1, 0.15) is 11.5 Å². The number of hydrogen-bond donors (Lipinski definition) is 0. The molecule has 1 aromatic carbocycles. The van der Waals surface area contributed by atoms with Crippen LogP contribution in [0.5, 0.6) is 11.5 Å². The Labute approximate surface area is 101 Å². The molecular formula is C10H9IO4. The van der Waals surface area contributed by atoms with Crippen LogP contribution in [0.4, 0.5) is 0 Å². The molecule has 5 heteroatoms. The molecule has 15 heavy (non-hydrogen) atoms. The summed E-state index contributed by atoms with van der Waals surface area (Å²) in [5.41, 5.74) is 0. The van der Waals surface area contributed by atoms with E-state index in [1.54, 1.807) is 18.2 Å². The fourth-order valence-electron chi connectivity index (χ4n) is 0.949. The third-order valence-electron chi connectivity index (χ3n) is 1.42. The summed E-state index contributed by atoms with van der Waals surface area (Å²) in [6, 6.07) is 4.78. The molecule has 0 bridgehead atoms. The Morgan fingerprint density at radius 1 is 1.13 bits per heavy atom. The molecule has 0 atom stereocenters. The van der Waals surface area contributed by atoms with Crippen molar-refractivity contribution < 1.29 is 19.1 Å². The van der Waals surface area contributed by atoms with E-state index in [-0.39, 0.29) is 11.9 Å². The van der Waals surface area contributed by atoms with E-state index in [0.717, 1.165) is 0 Å². The smallest absolute Gasteiger partial charge is 0.308 e. The van der Waals surface area contributed by atoms with Crippen molar-refractivity contribution in [2.24, 2.45) is 0 Å². The van der Waals surface area contributed by atoms with Crippen LogP contribution in [0.1, 0.15) is 13.8 Å². The van der Waals surface area contributed by atoms with Crippen LogP contribution >= 0.6 is 22.6 Å². The van der Waals surface area contributed by atoms with Gasteiger partial charge in [-0.25, -0.2) is 0 Å². The van der Waals surface area contributed by atoms with Crippen molar-refractivity contribution in [1.82, 2.24) is 0 Å². The molecule has 0 N–H and O–H groups in total. The first-order chi connectivity index (χ1) is 6.99. The summed E-state index contributed by atoms with van der Waals surface area (Å²) in [5.74, 6) is 0.126. The molecule has 0 aliphatic heterocycles. The SMILES string of the molecule is CC(=O)Oc1ccc(OC(C)=O)c(I)c1. The molecule has 0 aliphatic carbocycles. The van der Waals surface area contributed by atoms with Crippen LogP contribution in [0, 0.1) is 3.57 Å². The molecule has 1 aromatic rings. The number of carbonyl (C=O) groups excluding carboxylic acids is 2. The lowest BCUT2D eigenvalue weighted by Crippen LogP contribution is -2.04. The van der Waals surface area contributed by atoms with E-state index in [0.29, 0.717) is 15.1 Å². The quantitative estimate of drug-likeness (QED) is 0.476. The van der Waals surface area contributed by atoms with Crippen LogP contribution in [0.15, 0.2) is 18.2 Å². The van der Waals surface area contributed by atoms with Crippen LogP contribution in [-0.2, 0) is 9.59 Å². The van der Waals surface area contributed by atoms with Crippen LogP contribution in [0.25, 0.3) is 0 Å². The molecule has 0 unspecified atom stereocenters. The first-order valence-electron chi connectivity index (χ1n) is 4.15. The van der Waals surface area contributed by atoms with E-state index >= 15 is 0 Å². The number of rotatable bonds is 2. The molecule has 0 fully saturated rings. The number of ether oxygens (including phenoxy) is 2. The van der Waals surface area contributed by atoms with Gasteiger partial charge in [0.05, 0.1) is 3.57 Å². The molecule has 0 spiro atoms. The summed E-state index contributed by atoms with van der Waals surface area (Å²) in [6.07, 6.45) is 0. The van der Waals surface area contributed by atoms with E-state index < -0.39 is 0 Å². The summed E-state index contributed by atoms with van der Waals surface area (Å²) >= 11 is 2.00. The minimum absolute atomic E-state index is 0.381. The van der Waals surface area contributed by atoms with Crippen LogP contribution in [-0.4, -0.2) is 11.9 Å². The van der Waals surface area contributed by atoms with Gasteiger partial charge in [-0.2, -0.15) is 0 Å². The monoisotopic (exact) mass is 320 g/mol. The van der Waals surface area contributed by atoms with Gasteiger partial charge >= 0.3 is 11.9 Å². The van der Waals surface area contributed by atoms with Crippen molar-refractivity contribution in [3.05, 3.63) is 21.8 Å². The Kier molecular flexibility index (Phi) is 4.07. The van der Waals surface area contributed by atoms with Crippen molar-refractivity contribution in [1.29, 1.82) is 0 Å². The first kappa shape index (κ1) is 12.0. The lowest BCUT2D eigenvalue weighted by molar-refractivity contribution is -0.133. The highest BCUT2D eigenvalue weighted by Crippen LogP contribution is 2.25. The summed E-state index contributed by atoms with van der Waals surface area (Å²) in [4.78, 5) is 21.4. The fraction of sp³-hybridized carbons (Fsp3) is 0.200. The molecule has 4 nitrogen and oxygen atoms in total. The highest BCUT2D eigenvalue weighted by molar-refractivity contribution is 14.1. The van der Waals surface area contributed by atoms with Crippen molar-refractivity contribution in [3.8, 4) is 11.5 Å². The second-order valence-corrected chi connectivity index (χ2v) is 3.94. The average Bonchev–Trinajstić information content (AvgIpc) is 2.08. The fourth-order valence-corrected chi connectivity index (χ4v) is 1.55. The topological polar surface area (TPSA) is 52.6 Å². The van der Waals surface area contributed by atoms with Crippen LogP contribution < -0.4 is 9.47 Å². The standard InChI is InChI=1S/C10H9IO4/c1-6(12)14-8-3-4-10(9(11)5-8)15-7(2)13/h3-5H,1-2H3. The lowest BCUT2D eigenvalue weighted by atomic mass is 10.3. The van der Waals surface area contributed by atoms with Crippen molar-refractivity contribution >= 4 is 34.5 Å². The molecule has 0 saturated carbocycles. The maximum Gasteiger partial charge on any atom is 0.308 e. The molecule has 0 aliphatic rings. The number of halogens is 1. The Morgan fingerprint density at radius 2 is 1.73 bits per heavy atom. The molecule has 0 amide bonds. The van der Waals surface area contributed by atoms with Crippen molar-refractivity contribution in [2.45, 2.75) is 13.8 Å². The van der Waals surface area contributed by atoms with Gasteiger partial charge in [0, 0.05) is 13.8 Å². The Bertz CT molecular complexity index is 400. The summed E-state index contributed by atoms with van der Waals surface area (Å²) in [5, 5.41) is 0. The Hall–Kier alpha value is -1.11. The maximum atomic E-state index is 10.7. The second kappa shape index (κ2) is 5.11. The van der Waals surface area contributed by atoms with Crippen molar-refractivity contribution in [2.75, 3.05) is 0 Å². The summed E-state index contributed by atoms with van der Waals surface area (Å²) < 4.78 is 10.5. The van der Waals surface area contributed by atoms with Gasteiger partial charge in [0.25, 0.3) is 0 Å². The zero-order chi connectivity index (χ0) is 11.4. The molecular weight excluding hydrogens is 311 g/mol. The van der Waals surface area contributed by atoms with E-state index in [4.69, 9.17) is 9.47 Å². The Morgan fingerprint density at radius 3 is 2.20 bits per heavy atom. The summed E-state index contributed by atoms with van der Waals surface area (Å²) in [7, 11) is 0. The average molecular weight is 320 g/mol. The number of carbonyl (C=O) groups is 2. The van der Waals surface area contributed by atoms with E-state index in [1.807, 2.05) is 22.6 Å². The van der Waals surface area contributed by atoms with Gasteiger partial charge in [0.2, 0.25) is 0 Å². The van der Waals surface area contributed by atoms with Gasteiger partial charge < -0.3 is 9.47 Å². The first-order valence-corrected chi connectivity index (χ1v) is 5.23. The predicted molar refractivity (Wildman–Crippen MR) is 61.8 cm³/mol. The minimum atomic E-state index is -0.383. The van der Waals surface area contributed by atoms with Gasteiger partial charge in [-0.3, -0.25) is 9.59 Å². The van der Waals surface area contributed by atoms with Crippen LogP contribution in [0.3, 0.4) is 0 Å². The molecule has 80 valence electrons. The highest BCUT2D eigenvalue weighted by Gasteiger charge is 2.06. The summed E-state index contributed by atoms with van der Waals surface area (Å²) in [6.45, 7) is 2.66. The predicted octanol–water partition coefficient (Wildman–Crippen LogP) is 2.14. The maximum absolute atomic E-state index is 10.7. The zero-order valence-electron chi connectivity index (χ0n) is 8.24. The normalized spacial score (nSPS) is 9.53. The third-order valence-corrected chi connectivity index (χ3v) is 2.26.